The van der Waals surface area contributed by atoms with E-state index in [1.54, 1.807) is 0 Å². The zero-order valence-electron chi connectivity index (χ0n) is 12.3. The number of aromatic nitrogens is 2. The smallest absolute Gasteiger partial charge is 0.382 e. The van der Waals surface area contributed by atoms with E-state index in [2.05, 4.69) is 5.10 Å². The molecule has 0 aliphatic carbocycles. The van der Waals surface area contributed by atoms with Gasteiger partial charge in [-0.15, -0.1) is 0 Å². The fourth-order valence-corrected chi connectivity index (χ4v) is 3.55. The number of alkyl halides is 6. The van der Waals surface area contributed by atoms with Crippen LogP contribution in [0.25, 0.3) is 5.69 Å². The predicted octanol–water partition coefficient (Wildman–Crippen LogP) is 3.95. The third kappa shape index (κ3) is 3.52. The Morgan fingerprint density at radius 2 is 1.59 bits per heavy atom. The van der Waals surface area contributed by atoms with Crippen LogP contribution in [0.4, 0.5) is 32.2 Å². The number of halogens is 8. The van der Waals surface area contributed by atoms with Gasteiger partial charge in [-0.25, -0.2) is 13.1 Å². The van der Waals surface area contributed by atoms with Crippen LogP contribution in [0.3, 0.4) is 0 Å². The Morgan fingerprint density at radius 1 is 1.11 bits per heavy atom. The average molecular weight is 459 g/mol. The van der Waals surface area contributed by atoms with E-state index in [0.29, 0.717) is 12.1 Å². The van der Waals surface area contributed by atoms with Crippen molar-refractivity contribution in [2.24, 2.45) is 0 Å². The average Bonchev–Trinajstić information content (AvgIpc) is 2.81. The lowest BCUT2D eigenvalue weighted by atomic mass is 10.4. The van der Waals surface area contributed by atoms with Crippen LogP contribution >= 0.6 is 23.2 Å². The summed E-state index contributed by atoms with van der Waals surface area (Å²) < 4.78 is 100. The molecule has 0 aliphatic heterocycles. The van der Waals surface area contributed by atoms with Gasteiger partial charge in [0.05, 0.1) is 15.6 Å². The van der Waals surface area contributed by atoms with Gasteiger partial charge in [0.1, 0.15) is 17.6 Å². The highest BCUT2D eigenvalue weighted by Crippen LogP contribution is 2.41. The summed E-state index contributed by atoms with van der Waals surface area (Å²) in [5.41, 5.74) is -3.58. The Hall–Kier alpha value is -2.17. The maximum absolute atomic E-state index is 12.8. The number of nitriles is 1. The summed E-state index contributed by atoms with van der Waals surface area (Å²) >= 11 is 11.4. The second-order valence-electron chi connectivity index (χ2n) is 4.82. The molecule has 0 aliphatic rings. The van der Waals surface area contributed by atoms with Gasteiger partial charge in [0.2, 0.25) is 0 Å². The van der Waals surface area contributed by atoms with Crippen molar-refractivity contribution in [2.75, 3.05) is 5.73 Å². The molecule has 0 fully saturated rings. The molecule has 0 radical (unpaired) electrons. The van der Waals surface area contributed by atoms with Crippen LogP contribution in [0, 0.1) is 11.3 Å². The number of nitrogen functional groups attached to an aromatic ring is 1. The summed E-state index contributed by atoms with van der Waals surface area (Å²) in [6.45, 7) is 0. The van der Waals surface area contributed by atoms with Gasteiger partial charge in [-0.05, 0) is 12.1 Å². The Labute approximate surface area is 156 Å². The summed E-state index contributed by atoms with van der Waals surface area (Å²) in [4.78, 5) is -1.66. The van der Waals surface area contributed by atoms with Crippen molar-refractivity contribution in [3.63, 3.8) is 0 Å². The molecule has 2 N–H and O–H groups in total. The van der Waals surface area contributed by atoms with E-state index in [-0.39, 0.29) is 4.68 Å². The second kappa shape index (κ2) is 6.47. The highest BCUT2D eigenvalue weighted by molar-refractivity contribution is 7.92. The Balaban J connectivity index is 2.83. The molecule has 1 heterocycles. The summed E-state index contributed by atoms with van der Waals surface area (Å²) in [6.07, 6.45) is -4.84. The van der Waals surface area contributed by atoms with Crippen LogP contribution in [0.5, 0.6) is 0 Å². The molecular weight excluding hydrogens is 455 g/mol. The number of nitrogens with zero attached hydrogens (tertiary/aromatic N) is 3. The topological polar surface area (TPSA) is 102 Å². The van der Waals surface area contributed by atoms with Gasteiger partial charge in [0.25, 0.3) is 9.84 Å². The number of nitrogens with two attached hydrogens (primary N) is 1. The van der Waals surface area contributed by atoms with Crippen molar-refractivity contribution >= 4 is 38.9 Å². The summed E-state index contributed by atoms with van der Waals surface area (Å²) in [6, 6.07) is 1.89. The lowest BCUT2D eigenvalue weighted by Gasteiger charge is -2.13. The number of benzene rings is 1. The van der Waals surface area contributed by atoms with Crippen LogP contribution < -0.4 is 5.73 Å². The van der Waals surface area contributed by atoms with Gasteiger partial charge in [0, 0.05) is 0 Å². The highest BCUT2D eigenvalue weighted by atomic mass is 35.5. The molecule has 0 unspecified atom stereocenters. The van der Waals surface area contributed by atoms with Gasteiger partial charge in [-0.3, -0.25) is 0 Å². The molecule has 1 aromatic carbocycles. The number of anilines is 1. The minimum absolute atomic E-state index is 0.252. The quantitative estimate of drug-likeness (QED) is 0.686. The van der Waals surface area contributed by atoms with Crippen molar-refractivity contribution in [3.05, 3.63) is 33.4 Å². The summed E-state index contributed by atoms with van der Waals surface area (Å²) in [5, 5.41) is 10.7. The summed E-state index contributed by atoms with van der Waals surface area (Å²) in [7, 11) is -6.09. The molecule has 2 rings (SSSR count). The van der Waals surface area contributed by atoms with E-state index < -0.39 is 59.2 Å². The first-order chi connectivity index (χ1) is 12.1. The molecule has 6 nitrogen and oxygen atoms in total. The van der Waals surface area contributed by atoms with E-state index in [9.17, 15) is 34.8 Å². The van der Waals surface area contributed by atoms with Crippen LogP contribution in [0.15, 0.2) is 17.0 Å². The van der Waals surface area contributed by atoms with Crippen molar-refractivity contribution < 1.29 is 34.8 Å². The fourth-order valence-electron chi connectivity index (χ4n) is 1.97. The standard InChI is InChI=1S/C12H4Cl2F6N4O2S/c13-5-1-4(11(15,16)17)2-6(14)8(5)24-10(22)9(7(3-21)23-24)27(25,26)12(18,19)20/h1-2H,22H2/i1+1,2+1,4+1,5+1,6+1,8+1. The SMILES string of the molecule is N#Cc1nn(-[13c]2[13c](Cl)[13cH][13c](C(F)(F)F)[13cH][13c]2Cl)c(N)c1S(=O)(=O)C(F)(F)F. The molecule has 0 bridgehead atoms. The van der Waals surface area contributed by atoms with E-state index in [4.69, 9.17) is 34.2 Å². The molecule has 0 saturated heterocycles. The molecule has 0 amide bonds. The van der Waals surface area contributed by atoms with Crippen molar-refractivity contribution in [2.45, 2.75) is 16.6 Å². The first-order valence-corrected chi connectivity index (χ1v) is 8.53. The van der Waals surface area contributed by atoms with E-state index in [0.717, 1.165) is 6.07 Å². The zero-order chi connectivity index (χ0) is 20.9. The van der Waals surface area contributed by atoms with E-state index in [1.165, 1.54) is 0 Å². The largest absolute Gasteiger partial charge is 0.502 e. The first-order valence-electron chi connectivity index (χ1n) is 6.29. The Bertz CT molecular complexity index is 1050. The van der Waals surface area contributed by atoms with Crippen LogP contribution in [0.2, 0.25) is 10.0 Å². The maximum Gasteiger partial charge on any atom is 0.502 e. The van der Waals surface area contributed by atoms with Crippen LogP contribution in [-0.4, -0.2) is 23.7 Å². The fraction of sp³-hybridized carbons (Fsp3) is 0.167. The lowest BCUT2D eigenvalue weighted by molar-refractivity contribution is -0.137. The van der Waals surface area contributed by atoms with Crippen LogP contribution in [-0.2, 0) is 16.0 Å². The Kier molecular flexibility index (Phi) is 5.06. The predicted molar refractivity (Wildman–Crippen MR) is 81.0 cm³/mol. The molecule has 0 spiro atoms. The lowest BCUT2D eigenvalue weighted by Crippen LogP contribution is -2.24. The van der Waals surface area contributed by atoms with Gasteiger partial charge in [-0.1, -0.05) is 23.2 Å². The molecule has 146 valence electrons. The minimum Gasteiger partial charge on any atom is -0.382 e. The number of rotatable bonds is 2. The molecule has 0 saturated carbocycles. The molecule has 1 aromatic heterocycles. The van der Waals surface area contributed by atoms with E-state index >= 15 is 0 Å². The molecular formula is C12H4Cl2F6N4O2S. The van der Waals surface area contributed by atoms with Crippen molar-refractivity contribution in [3.8, 4) is 11.8 Å². The molecule has 27 heavy (non-hydrogen) atoms. The Morgan fingerprint density at radius 3 is 1.96 bits per heavy atom. The monoisotopic (exact) mass is 458 g/mol. The third-order valence-corrected chi connectivity index (χ3v) is 5.24. The van der Waals surface area contributed by atoms with Crippen LogP contribution in [0.1, 0.15) is 11.3 Å². The second-order valence-corrected chi connectivity index (χ2v) is 7.51. The minimum atomic E-state index is -6.09. The van der Waals surface area contributed by atoms with Gasteiger partial charge < -0.3 is 5.73 Å². The van der Waals surface area contributed by atoms with Gasteiger partial charge >= 0.3 is 11.7 Å². The van der Waals surface area contributed by atoms with E-state index in [1.807, 2.05) is 0 Å². The third-order valence-electron chi connectivity index (χ3n) is 3.11. The summed E-state index contributed by atoms with van der Waals surface area (Å²) in [5.74, 6) is -1.20. The molecule has 2 aromatic rings. The molecule has 0 atom stereocenters. The highest BCUT2D eigenvalue weighted by Gasteiger charge is 2.51. The normalized spacial score (nSPS) is 12.9. The van der Waals surface area contributed by atoms with Gasteiger partial charge in [-0.2, -0.15) is 36.7 Å². The number of hydrogen-bond donors (Lipinski definition) is 1. The first kappa shape index (κ1) is 21.1. The molecule has 15 heteroatoms. The van der Waals surface area contributed by atoms with Crippen molar-refractivity contribution in [1.29, 1.82) is 5.26 Å². The maximum atomic E-state index is 12.8. The van der Waals surface area contributed by atoms with Gasteiger partial charge in [0.15, 0.2) is 10.6 Å². The van der Waals surface area contributed by atoms with Crippen molar-refractivity contribution in [1.82, 2.24) is 9.78 Å². The number of hydrogen-bond acceptors (Lipinski definition) is 5. The number of sulfone groups is 1. The zero-order valence-corrected chi connectivity index (χ0v) is 14.7.